The van der Waals surface area contributed by atoms with Gasteiger partial charge in [-0.2, -0.15) is 13.2 Å². The zero-order chi connectivity index (χ0) is 18.9. The highest BCUT2D eigenvalue weighted by atomic mass is 19.4. The molecule has 3 rings (SSSR count). The van der Waals surface area contributed by atoms with E-state index < -0.39 is 11.9 Å². The van der Waals surface area contributed by atoms with Gasteiger partial charge in [0.15, 0.2) is 0 Å². The third kappa shape index (κ3) is 3.73. The van der Waals surface area contributed by atoms with E-state index in [2.05, 4.69) is 19.9 Å². The lowest BCUT2D eigenvalue weighted by Gasteiger charge is -2.35. The molecular formula is C16H17F3N6O. The monoisotopic (exact) mass is 366 g/mol. The Hall–Kier alpha value is -2.78. The summed E-state index contributed by atoms with van der Waals surface area (Å²) in [5.41, 5.74) is 0.296. The standard InChI is InChI=1S/C16H17F3N6O/c1-10-7-13(16(17,18)19)23-15(22-10)25-5-3-24(4-6-25)14(26)12-8-20-9-21-11(12)2/h7-9H,3-6H2,1-2H3. The van der Waals surface area contributed by atoms with E-state index >= 15 is 0 Å². The molecule has 1 aliphatic rings. The van der Waals surface area contributed by atoms with Crippen LogP contribution in [0.5, 0.6) is 0 Å². The number of piperazine rings is 1. The third-order valence-corrected chi connectivity index (χ3v) is 4.12. The van der Waals surface area contributed by atoms with E-state index in [0.29, 0.717) is 37.4 Å². The number of aryl methyl sites for hydroxylation is 2. The van der Waals surface area contributed by atoms with Crippen LogP contribution in [0.1, 0.15) is 27.4 Å². The van der Waals surface area contributed by atoms with Crippen molar-refractivity contribution in [2.24, 2.45) is 0 Å². The molecule has 1 amide bonds. The lowest BCUT2D eigenvalue weighted by atomic mass is 10.2. The Labute approximate surface area is 147 Å². The molecule has 3 heterocycles. The van der Waals surface area contributed by atoms with E-state index in [9.17, 15) is 18.0 Å². The highest BCUT2D eigenvalue weighted by Gasteiger charge is 2.34. The van der Waals surface area contributed by atoms with Gasteiger partial charge in [-0.25, -0.2) is 19.9 Å². The fourth-order valence-corrected chi connectivity index (χ4v) is 2.72. The minimum atomic E-state index is -4.52. The van der Waals surface area contributed by atoms with Crippen molar-refractivity contribution in [3.05, 3.63) is 41.2 Å². The van der Waals surface area contributed by atoms with Crippen LogP contribution in [0.3, 0.4) is 0 Å². The van der Waals surface area contributed by atoms with Crippen molar-refractivity contribution in [3.8, 4) is 0 Å². The number of amides is 1. The van der Waals surface area contributed by atoms with Crippen LogP contribution < -0.4 is 4.90 Å². The Morgan fingerprint density at radius 1 is 1.12 bits per heavy atom. The lowest BCUT2D eigenvalue weighted by molar-refractivity contribution is -0.141. The predicted octanol–water partition coefficient (Wildman–Crippen LogP) is 1.86. The Morgan fingerprint density at radius 2 is 1.81 bits per heavy atom. The first kappa shape index (κ1) is 18.0. The molecule has 1 fully saturated rings. The largest absolute Gasteiger partial charge is 0.433 e. The molecule has 138 valence electrons. The maximum absolute atomic E-state index is 12.9. The van der Waals surface area contributed by atoms with Crippen molar-refractivity contribution < 1.29 is 18.0 Å². The predicted molar refractivity (Wildman–Crippen MR) is 86.7 cm³/mol. The van der Waals surface area contributed by atoms with Gasteiger partial charge in [0.25, 0.3) is 5.91 Å². The summed E-state index contributed by atoms with van der Waals surface area (Å²) >= 11 is 0. The molecule has 0 saturated carbocycles. The first-order chi connectivity index (χ1) is 12.3. The van der Waals surface area contributed by atoms with E-state index in [1.807, 2.05) is 0 Å². The zero-order valence-corrected chi connectivity index (χ0v) is 14.3. The fraction of sp³-hybridized carbons (Fsp3) is 0.438. The van der Waals surface area contributed by atoms with Gasteiger partial charge in [0, 0.05) is 38.1 Å². The summed E-state index contributed by atoms with van der Waals surface area (Å²) in [6.45, 7) is 4.62. The average Bonchev–Trinajstić information content (AvgIpc) is 2.60. The summed E-state index contributed by atoms with van der Waals surface area (Å²) in [6, 6.07) is 0.918. The van der Waals surface area contributed by atoms with Gasteiger partial charge in [0.2, 0.25) is 5.95 Å². The smallest absolute Gasteiger partial charge is 0.337 e. The second kappa shape index (κ2) is 6.85. The van der Waals surface area contributed by atoms with Crippen LogP contribution in [-0.4, -0.2) is 56.9 Å². The van der Waals surface area contributed by atoms with Crippen molar-refractivity contribution in [2.75, 3.05) is 31.1 Å². The topological polar surface area (TPSA) is 75.1 Å². The van der Waals surface area contributed by atoms with Gasteiger partial charge in [-0.05, 0) is 19.9 Å². The van der Waals surface area contributed by atoms with Crippen LogP contribution >= 0.6 is 0 Å². The summed E-state index contributed by atoms with van der Waals surface area (Å²) in [5, 5.41) is 0. The van der Waals surface area contributed by atoms with Crippen LogP contribution in [0, 0.1) is 13.8 Å². The number of nitrogens with zero attached hydrogens (tertiary/aromatic N) is 6. The van der Waals surface area contributed by atoms with Gasteiger partial charge in [0.05, 0.1) is 11.3 Å². The summed E-state index contributed by atoms with van der Waals surface area (Å²) in [5.74, 6) is -0.160. The van der Waals surface area contributed by atoms with Crippen LogP contribution in [0.15, 0.2) is 18.6 Å². The van der Waals surface area contributed by atoms with E-state index in [-0.39, 0.29) is 17.5 Å². The average molecular weight is 366 g/mol. The molecule has 0 N–H and O–H groups in total. The first-order valence-corrected chi connectivity index (χ1v) is 7.99. The SMILES string of the molecule is Cc1cc(C(F)(F)F)nc(N2CCN(C(=O)c3cncnc3C)CC2)n1. The number of alkyl halides is 3. The number of carbonyl (C=O) groups excluding carboxylic acids is 1. The molecule has 26 heavy (non-hydrogen) atoms. The molecular weight excluding hydrogens is 349 g/mol. The molecule has 0 aromatic carbocycles. The highest BCUT2D eigenvalue weighted by molar-refractivity contribution is 5.95. The van der Waals surface area contributed by atoms with Crippen molar-refractivity contribution in [3.63, 3.8) is 0 Å². The quantitative estimate of drug-likeness (QED) is 0.808. The second-order valence-electron chi connectivity index (χ2n) is 5.99. The molecule has 0 spiro atoms. The van der Waals surface area contributed by atoms with Crippen molar-refractivity contribution in [2.45, 2.75) is 20.0 Å². The van der Waals surface area contributed by atoms with Crippen LogP contribution in [0.4, 0.5) is 19.1 Å². The van der Waals surface area contributed by atoms with E-state index in [0.717, 1.165) is 6.07 Å². The molecule has 1 aliphatic heterocycles. The Kier molecular flexibility index (Phi) is 4.75. The third-order valence-electron chi connectivity index (χ3n) is 4.12. The van der Waals surface area contributed by atoms with Crippen LogP contribution in [0.2, 0.25) is 0 Å². The number of anilines is 1. The number of halogens is 3. The number of aromatic nitrogens is 4. The minimum absolute atomic E-state index is 0.0312. The lowest BCUT2D eigenvalue weighted by Crippen LogP contribution is -2.49. The molecule has 7 nitrogen and oxygen atoms in total. The molecule has 1 saturated heterocycles. The summed E-state index contributed by atoms with van der Waals surface area (Å²) in [6.07, 6.45) is -1.68. The molecule has 0 bridgehead atoms. The maximum atomic E-state index is 12.9. The molecule has 2 aromatic heterocycles. The Bertz CT molecular complexity index is 818. The summed E-state index contributed by atoms with van der Waals surface area (Å²) in [7, 11) is 0. The second-order valence-corrected chi connectivity index (χ2v) is 5.99. The van der Waals surface area contributed by atoms with Gasteiger partial charge >= 0.3 is 6.18 Å². The maximum Gasteiger partial charge on any atom is 0.433 e. The number of hydrogen-bond donors (Lipinski definition) is 0. The van der Waals surface area contributed by atoms with Gasteiger partial charge in [-0.1, -0.05) is 0 Å². The molecule has 0 aliphatic carbocycles. The van der Waals surface area contributed by atoms with Gasteiger partial charge in [0.1, 0.15) is 12.0 Å². The minimum Gasteiger partial charge on any atom is -0.337 e. The van der Waals surface area contributed by atoms with Crippen LogP contribution in [-0.2, 0) is 6.18 Å². The number of hydrogen-bond acceptors (Lipinski definition) is 6. The fourth-order valence-electron chi connectivity index (χ4n) is 2.72. The summed E-state index contributed by atoms with van der Waals surface area (Å²) in [4.78, 5) is 31.4. The zero-order valence-electron chi connectivity index (χ0n) is 14.3. The molecule has 0 radical (unpaired) electrons. The van der Waals surface area contributed by atoms with Crippen molar-refractivity contribution >= 4 is 11.9 Å². The number of carbonyl (C=O) groups is 1. The van der Waals surface area contributed by atoms with E-state index in [1.165, 1.54) is 19.4 Å². The molecule has 0 atom stereocenters. The van der Waals surface area contributed by atoms with Gasteiger partial charge < -0.3 is 9.80 Å². The van der Waals surface area contributed by atoms with Crippen molar-refractivity contribution in [1.29, 1.82) is 0 Å². The van der Waals surface area contributed by atoms with E-state index in [1.54, 1.807) is 16.7 Å². The molecule has 0 unspecified atom stereocenters. The van der Waals surface area contributed by atoms with Gasteiger partial charge in [-0.15, -0.1) is 0 Å². The molecule has 10 heteroatoms. The van der Waals surface area contributed by atoms with Crippen molar-refractivity contribution in [1.82, 2.24) is 24.8 Å². The first-order valence-electron chi connectivity index (χ1n) is 7.99. The normalized spacial score (nSPS) is 15.3. The molecule has 2 aromatic rings. The summed E-state index contributed by atoms with van der Waals surface area (Å²) < 4.78 is 38.8. The van der Waals surface area contributed by atoms with E-state index in [4.69, 9.17) is 0 Å². The van der Waals surface area contributed by atoms with Crippen LogP contribution in [0.25, 0.3) is 0 Å². The Morgan fingerprint density at radius 3 is 2.42 bits per heavy atom. The van der Waals surface area contributed by atoms with Gasteiger partial charge in [-0.3, -0.25) is 4.79 Å². The highest BCUT2D eigenvalue weighted by Crippen LogP contribution is 2.29. The Balaban J connectivity index is 1.72. The number of rotatable bonds is 2.